The Morgan fingerprint density at radius 3 is 2.56 bits per heavy atom. The molecule has 0 bridgehead atoms. The van der Waals surface area contributed by atoms with Gasteiger partial charge in [-0.25, -0.2) is 4.79 Å². The zero-order chi connectivity index (χ0) is 17.8. The van der Waals surface area contributed by atoms with Crippen LogP contribution in [0.25, 0.3) is 11.0 Å². The lowest BCUT2D eigenvalue weighted by atomic mass is 10.1. The van der Waals surface area contributed by atoms with Crippen molar-refractivity contribution in [3.63, 3.8) is 0 Å². The van der Waals surface area contributed by atoms with Gasteiger partial charge >= 0.3 is 5.63 Å². The highest BCUT2D eigenvalue weighted by Gasteiger charge is 2.09. The summed E-state index contributed by atoms with van der Waals surface area (Å²) in [5, 5.41) is 0.960. The molecule has 0 fully saturated rings. The Morgan fingerprint density at radius 2 is 1.84 bits per heavy atom. The topological polar surface area (TPSA) is 42.7 Å². The predicted molar refractivity (Wildman–Crippen MR) is 103 cm³/mol. The SMILES string of the molecule is CCOc1ccc(CN(C)Cc2cc(=O)oc3cc(Br)ccc23)cc1. The normalized spacial score (nSPS) is 11.2. The van der Waals surface area contributed by atoms with E-state index >= 15 is 0 Å². The van der Waals surface area contributed by atoms with Crippen molar-refractivity contribution in [3.8, 4) is 5.75 Å². The summed E-state index contributed by atoms with van der Waals surface area (Å²) in [6.45, 7) is 4.08. The van der Waals surface area contributed by atoms with Crippen molar-refractivity contribution in [2.24, 2.45) is 0 Å². The van der Waals surface area contributed by atoms with Crippen LogP contribution in [-0.4, -0.2) is 18.6 Å². The number of halogens is 1. The van der Waals surface area contributed by atoms with Gasteiger partial charge in [-0.05, 0) is 55.4 Å². The van der Waals surface area contributed by atoms with E-state index in [-0.39, 0.29) is 5.63 Å². The maximum Gasteiger partial charge on any atom is 0.336 e. The molecule has 0 saturated carbocycles. The highest BCUT2D eigenvalue weighted by atomic mass is 79.9. The lowest BCUT2D eigenvalue weighted by Crippen LogP contribution is -2.18. The van der Waals surface area contributed by atoms with Crippen LogP contribution in [0.5, 0.6) is 5.75 Å². The van der Waals surface area contributed by atoms with Gasteiger partial charge in [-0.15, -0.1) is 0 Å². The Labute approximate surface area is 155 Å². The van der Waals surface area contributed by atoms with E-state index in [0.717, 1.165) is 27.7 Å². The largest absolute Gasteiger partial charge is 0.494 e. The van der Waals surface area contributed by atoms with Crippen molar-refractivity contribution < 1.29 is 9.15 Å². The molecule has 0 aliphatic carbocycles. The van der Waals surface area contributed by atoms with Crippen molar-refractivity contribution in [2.75, 3.05) is 13.7 Å². The molecule has 130 valence electrons. The van der Waals surface area contributed by atoms with Crippen molar-refractivity contribution in [1.29, 1.82) is 0 Å². The molecule has 0 atom stereocenters. The molecule has 3 aromatic rings. The van der Waals surface area contributed by atoms with E-state index in [1.54, 1.807) is 6.07 Å². The molecule has 0 N–H and O–H groups in total. The minimum atomic E-state index is -0.324. The second-order valence-corrected chi connectivity index (χ2v) is 6.90. The Hall–Kier alpha value is -2.11. The van der Waals surface area contributed by atoms with Crippen LogP contribution in [0.2, 0.25) is 0 Å². The molecule has 25 heavy (non-hydrogen) atoms. The van der Waals surface area contributed by atoms with Gasteiger partial charge in [0.05, 0.1) is 6.61 Å². The Kier molecular flexibility index (Phi) is 5.56. The highest BCUT2D eigenvalue weighted by Crippen LogP contribution is 2.23. The quantitative estimate of drug-likeness (QED) is 0.566. The number of rotatable bonds is 6. The molecule has 1 aromatic heterocycles. The van der Waals surface area contributed by atoms with E-state index in [4.69, 9.17) is 9.15 Å². The van der Waals surface area contributed by atoms with Gasteiger partial charge in [-0.3, -0.25) is 4.90 Å². The molecular formula is C20H20BrNO3. The van der Waals surface area contributed by atoms with Crippen LogP contribution in [0, 0.1) is 0 Å². The number of hydrogen-bond donors (Lipinski definition) is 0. The molecule has 4 nitrogen and oxygen atoms in total. The van der Waals surface area contributed by atoms with E-state index in [9.17, 15) is 4.79 Å². The molecule has 0 spiro atoms. The fourth-order valence-electron chi connectivity index (χ4n) is 2.85. The Morgan fingerprint density at radius 1 is 1.08 bits per heavy atom. The summed E-state index contributed by atoms with van der Waals surface area (Å²) in [7, 11) is 2.04. The number of fused-ring (bicyclic) bond motifs is 1. The molecule has 0 aliphatic heterocycles. The number of hydrogen-bond acceptors (Lipinski definition) is 4. The fraction of sp³-hybridized carbons (Fsp3) is 0.250. The van der Waals surface area contributed by atoms with Gasteiger partial charge in [-0.2, -0.15) is 0 Å². The molecule has 0 aliphatic rings. The van der Waals surface area contributed by atoms with Gasteiger partial charge in [0.25, 0.3) is 0 Å². The molecule has 0 amide bonds. The summed E-state index contributed by atoms with van der Waals surface area (Å²) in [5.74, 6) is 0.881. The van der Waals surface area contributed by atoms with Crippen LogP contribution in [0.4, 0.5) is 0 Å². The zero-order valence-corrected chi connectivity index (χ0v) is 15.9. The smallest absolute Gasteiger partial charge is 0.336 e. The minimum absolute atomic E-state index is 0.324. The first-order valence-electron chi connectivity index (χ1n) is 8.17. The van der Waals surface area contributed by atoms with Crippen LogP contribution in [0.3, 0.4) is 0 Å². The third-order valence-electron chi connectivity index (χ3n) is 3.92. The zero-order valence-electron chi connectivity index (χ0n) is 14.3. The Bertz CT molecular complexity index is 918. The monoisotopic (exact) mass is 401 g/mol. The summed E-state index contributed by atoms with van der Waals surface area (Å²) in [5.41, 5.74) is 2.44. The average Bonchev–Trinajstić information content (AvgIpc) is 2.56. The van der Waals surface area contributed by atoms with Crippen LogP contribution < -0.4 is 10.4 Å². The van der Waals surface area contributed by atoms with Crippen LogP contribution in [0.1, 0.15) is 18.1 Å². The van der Waals surface area contributed by atoms with Gasteiger partial charge < -0.3 is 9.15 Å². The molecule has 5 heteroatoms. The molecular weight excluding hydrogens is 382 g/mol. The van der Waals surface area contributed by atoms with Crippen molar-refractivity contribution in [3.05, 3.63) is 74.6 Å². The number of ether oxygens (including phenoxy) is 1. The predicted octanol–water partition coefficient (Wildman–Crippen LogP) is 4.59. The van der Waals surface area contributed by atoms with Gasteiger partial charge in [0.15, 0.2) is 0 Å². The third kappa shape index (κ3) is 4.50. The Balaban J connectivity index is 1.77. The fourth-order valence-corrected chi connectivity index (χ4v) is 3.19. The maximum atomic E-state index is 11.8. The molecule has 0 saturated heterocycles. The van der Waals surface area contributed by atoms with Crippen LogP contribution in [-0.2, 0) is 13.1 Å². The third-order valence-corrected chi connectivity index (χ3v) is 4.41. The first-order chi connectivity index (χ1) is 12.0. The highest BCUT2D eigenvalue weighted by molar-refractivity contribution is 9.10. The van der Waals surface area contributed by atoms with Gasteiger partial charge in [0.2, 0.25) is 0 Å². The average molecular weight is 402 g/mol. The van der Waals surface area contributed by atoms with Gasteiger partial charge in [0, 0.05) is 29.0 Å². The van der Waals surface area contributed by atoms with Gasteiger partial charge in [0.1, 0.15) is 11.3 Å². The molecule has 0 radical (unpaired) electrons. The van der Waals surface area contributed by atoms with E-state index in [1.807, 2.05) is 44.3 Å². The molecule has 1 heterocycles. The van der Waals surface area contributed by atoms with E-state index < -0.39 is 0 Å². The second-order valence-electron chi connectivity index (χ2n) is 5.98. The summed E-state index contributed by atoms with van der Waals surface area (Å²) in [6.07, 6.45) is 0. The van der Waals surface area contributed by atoms with E-state index in [1.165, 1.54) is 5.56 Å². The van der Waals surface area contributed by atoms with Crippen molar-refractivity contribution in [2.45, 2.75) is 20.0 Å². The maximum absolute atomic E-state index is 11.8. The molecule has 3 rings (SSSR count). The summed E-state index contributed by atoms with van der Waals surface area (Å²) < 4.78 is 11.7. The van der Waals surface area contributed by atoms with E-state index in [2.05, 4.69) is 33.0 Å². The summed E-state index contributed by atoms with van der Waals surface area (Å²) in [6, 6.07) is 15.4. The number of benzene rings is 2. The van der Waals surface area contributed by atoms with Gasteiger partial charge in [-0.1, -0.05) is 28.1 Å². The lowest BCUT2D eigenvalue weighted by molar-refractivity contribution is 0.318. The van der Waals surface area contributed by atoms with E-state index in [0.29, 0.717) is 18.7 Å². The summed E-state index contributed by atoms with van der Waals surface area (Å²) >= 11 is 3.41. The van der Waals surface area contributed by atoms with Crippen molar-refractivity contribution in [1.82, 2.24) is 4.90 Å². The minimum Gasteiger partial charge on any atom is -0.494 e. The lowest BCUT2D eigenvalue weighted by Gasteiger charge is -2.18. The molecule has 0 unspecified atom stereocenters. The van der Waals surface area contributed by atoms with Crippen LogP contribution in [0.15, 0.2) is 62.2 Å². The van der Waals surface area contributed by atoms with Crippen LogP contribution >= 0.6 is 15.9 Å². The summed E-state index contributed by atoms with van der Waals surface area (Å²) in [4.78, 5) is 14.0. The first kappa shape index (κ1) is 17.7. The molecule has 2 aromatic carbocycles. The van der Waals surface area contributed by atoms with Crippen molar-refractivity contribution >= 4 is 26.9 Å². The standard InChI is InChI=1S/C20H20BrNO3/c1-3-24-17-7-4-14(5-8-17)12-22(2)13-15-10-20(23)25-19-11-16(21)6-9-18(15)19/h4-11H,3,12-13H2,1-2H3. The second kappa shape index (κ2) is 7.85. The number of nitrogens with zero attached hydrogens (tertiary/aromatic N) is 1. The first-order valence-corrected chi connectivity index (χ1v) is 8.97.